The molecule has 54 heavy (non-hydrogen) atoms. The van der Waals surface area contributed by atoms with Gasteiger partial charge < -0.3 is 0 Å². The van der Waals surface area contributed by atoms with Gasteiger partial charge in [0.15, 0.2) is 5.82 Å². The van der Waals surface area contributed by atoms with E-state index in [1.54, 1.807) is 0 Å². The van der Waals surface area contributed by atoms with Crippen LogP contribution in [0.3, 0.4) is 0 Å². The van der Waals surface area contributed by atoms with E-state index in [2.05, 4.69) is 196 Å². The molecular formula is C51H37N3. The number of fused-ring (bicyclic) bond motifs is 4. The van der Waals surface area contributed by atoms with Gasteiger partial charge in [-0.25, -0.2) is 9.97 Å². The molecule has 1 aromatic heterocycles. The minimum atomic E-state index is -0.449. The summed E-state index contributed by atoms with van der Waals surface area (Å²) >= 11 is 0. The van der Waals surface area contributed by atoms with Crippen molar-refractivity contribution in [1.29, 1.82) is 0 Å². The van der Waals surface area contributed by atoms with Crippen molar-refractivity contribution >= 4 is 11.4 Å². The molecule has 0 saturated carbocycles. The third-order valence-electron chi connectivity index (χ3n) is 11.3. The van der Waals surface area contributed by atoms with Gasteiger partial charge in [0.25, 0.3) is 0 Å². The fourth-order valence-corrected chi connectivity index (χ4v) is 8.81. The molecule has 0 bridgehead atoms. The minimum Gasteiger partial charge on any atom is -0.252 e. The topological polar surface area (TPSA) is 38.1 Å². The molecule has 2 heterocycles. The molecule has 10 rings (SSSR count). The van der Waals surface area contributed by atoms with Crippen LogP contribution >= 0.6 is 0 Å². The van der Waals surface area contributed by atoms with Crippen molar-refractivity contribution in [2.75, 3.05) is 0 Å². The maximum absolute atomic E-state index is 5.33. The van der Waals surface area contributed by atoms with Crippen LogP contribution in [-0.4, -0.2) is 15.7 Å². The second kappa shape index (κ2) is 12.5. The molecule has 0 spiro atoms. The van der Waals surface area contributed by atoms with Gasteiger partial charge in [-0.2, -0.15) is 0 Å². The summed E-state index contributed by atoms with van der Waals surface area (Å²) in [6, 6.07) is 67.2. The first-order valence-corrected chi connectivity index (χ1v) is 18.6. The van der Waals surface area contributed by atoms with Crippen molar-refractivity contribution in [2.45, 2.75) is 24.7 Å². The molecule has 0 unspecified atom stereocenters. The van der Waals surface area contributed by atoms with Crippen LogP contribution in [0.1, 0.15) is 47.2 Å². The van der Waals surface area contributed by atoms with Crippen molar-refractivity contribution in [2.24, 2.45) is 4.99 Å². The highest BCUT2D eigenvalue weighted by Gasteiger charge is 2.46. The van der Waals surface area contributed by atoms with Crippen LogP contribution in [0.25, 0.3) is 45.0 Å². The summed E-state index contributed by atoms with van der Waals surface area (Å²) in [5, 5.41) is 0. The maximum atomic E-state index is 5.33. The second-order valence-corrected chi connectivity index (χ2v) is 14.8. The van der Waals surface area contributed by atoms with E-state index in [-0.39, 0.29) is 5.41 Å². The lowest BCUT2D eigenvalue weighted by molar-refractivity contribution is 0.737. The SMILES string of the molecule is CC1(C)C(c2cccc(-c3nc(-c4ccccc4)cc(-c4ccc5c(c4)-c4ccccc4C5(c4ccccc4)c4ccccc4)n3)c2)=Nc2ccccc21. The Bertz CT molecular complexity index is 2690. The van der Waals surface area contributed by atoms with Crippen molar-refractivity contribution in [3.8, 4) is 45.0 Å². The molecule has 256 valence electrons. The van der Waals surface area contributed by atoms with E-state index < -0.39 is 5.41 Å². The summed E-state index contributed by atoms with van der Waals surface area (Å²) in [5.74, 6) is 0.686. The molecule has 1 aliphatic heterocycles. The lowest BCUT2D eigenvalue weighted by Gasteiger charge is -2.33. The first-order valence-electron chi connectivity index (χ1n) is 18.6. The summed E-state index contributed by atoms with van der Waals surface area (Å²) in [6.07, 6.45) is 0. The Balaban J connectivity index is 1.15. The maximum Gasteiger partial charge on any atom is 0.160 e. The van der Waals surface area contributed by atoms with Crippen molar-refractivity contribution in [3.05, 3.63) is 221 Å². The van der Waals surface area contributed by atoms with Gasteiger partial charge in [-0.15, -0.1) is 0 Å². The van der Waals surface area contributed by atoms with Crippen LogP contribution in [0.4, 0.5) is 5.69 Å². The van der Waals surface area contributed by atoms with Gasteiger partial charge in [0.2, 0.25) is 0 Å². The highest BCUT2D eigenvalue weighted by atomic mass is 14.9. The number of rotatable bonds is 6. The number of hydrogen-bond donors (Lipinski definition) is 0. The average Bonchev–Trinajstić information content (AvgIpc) is 3.69. The van der Waals surface area contributed by atoms with E-state index in [0.29, 0.717) is 5.82 Å². The average molecular weight is 692 g/mol. The van der Waals surface area contributed by atoms with Gasteiger partial charge in [0.05, 0.1) is 28.2 Å². The van der Waals surface area contributed by atoms with Crippen molar-refractivity contribution < 1.29 is 0 Å². The fourth-order valence-electron chi connectivity index (χ4n) is 8.81. The van der Waals surface area contributed by atoms with Gasteiger partial charge in [-0.05, 0) is 68.8 Å². The number of hydrogen-bond acceptors (Lipinski definition) is 3. The number of aliphatic imine (C=N–C) groups is 1. The summed E-state index contributed by atoms with van der Waals surface area (Å²) in [6.45, 7) is 4.51. The van der Waals surface area contributed by atoms with Crippen molar-refractivity contribution in [1.82, 2.24) is 9.97 Å². The molecule has 2 aliphatic rings. The van der Waals surface area contributed by atoms with E-state index in [0.717, 1.165) is 45.0 Å². The first kappa shape index (κ1) is 32.0. The molecule has 0 atom stereocenters. The number of para-hydroxylation sites is 1. The molecule has 7 aromatic carbocycles. The fraction of sp³-hybridized carbons (Fsp3) is 0.0784. The standard InChI is InChI=1S/C51H37N3/c1-50(2)44-27-14-15-28-45(44)52-48(50)36-19-16-20-37(31-36)49-53-46(34-17-6-3-7-18-34)33-47(54-49)35-29-30-43-41(32-35)40-25-12-13-26-42(40)51(43,38-21-8-4-9-22-38)39-23-10-5-11-24-39/h3-33H,1-2H3. The molecule has 0 amide bonds. The second-order valence-electron chi connectivity index (χ2n) is 14.8. The monoisotopic (exact) mass is 691 g/mol. The van der Waals surface area contributed by atoms with Crippen LogP contribution in [0.15, 0.2) is 193 Å². The van der Waals surface area contributed by atoms with Crippen LogP contribution in [0, 0.1) is 0 Å². The van der Waals surface area contributed by atoms with Crippen LogP contribution in [0.2, 0.25) is 0 Å². The number of aromatic nitrogens is 2. The first-order chi connectivity index (χ1) is 26.5. The van der Waals surface area contributed by atoms with Gasteiger partial charge in [0.1, 0.15) is 0 Å². The summed E-state index contributed by atoms with van der Waals surface area (Å²) in [7, 11) is 0. The Morgan fingerprint density at radius 1 is 0.389 bits per heavy atom. The molecule has 0 N–H and O–H groups in total. The van der Waals surface area contributed by atoms with E-state index >= 15 is 0 Å². The lowest BCUT2D eigenvalue weighted by Crippen LogP contribution is -2.28. The Morgan fingerprint density at radius 2 is 0.944 bits per heavy atom. The molecule has 1 aliphatic carbocycles. The highest BCUT2D eigenvalue weighted by Crippen LogP contribution is 2.56. The molecule has 3 heteroatoms. The van der Waals surface area contributed by atoms with Crippen molar-refractivity contribution in [3.63, 3.8) is 0 Å². The van der Waals surface area contributed by atoms with Crippen LogP contribution < -0.4 is 0 Å². The molecular weight excluding hydrogens is 655 g/mol. The van der Waals surface area contributed by atoms with E-state index in [1.807, 2.05) is 6.07 Å². The third-order valence-corrected chi connectivity index (χ3v) is 11.3. The normalized spacial score (nSPS) is 14.5. The number of benzene rings is 7. The third kappa shape index (κ3) is 4.93. The Labute approximate surface area is 316 Å². The minimum absolute atomic E-state index is 0.220. The molecule has 3 nitrogen and oxygen atoms in total. The zero-order valence-electron chi connectivity index (χ0n) is 30.2. The van der Waals surface area contributed by atoms with E-state index in [1.165, 1.54) is 38.9 Å². The number of nitrogens with zero attached hydrogens (tertiary/aromatic N) is 3. The largest absolute Gasteiger partial charge is 0.252 e. The lowest BCUT2D eigenvalue weighted by atomic mass is 9.67. The molecule has 0 fully saturated rings. The quantitative estimate of drug-likeness (QED) is 0.174. The van der Waals surface area contributed by atoms with Gasteiger partial charge in [-0.3, -0.25) is 4.99 Å². The molecule has 0 saturated heterocycles. The van der Waals surface area contributed by atoms with Gasteiger partial charge >= 0.3 is 0 Å². The predicted molar refractivity (Wildman–Crippen MR) is 221 cm³/mol. The van der Waals surface area contributed by atoms with Gasteiger partial charge in [-0.1, -0.05) is 178 Å². The Hall–Kier alpha value is -6.71. The highest BCUT2D eigenvalue weighted by molar-refractivity contribution is 6.12. The van der Waals surface area contributed by atoms with Gasteiger partial charge in [0, 0.05) is 22.1 Å². The molecule has 0 radical (unpaired) electrons. The smallest absolute Gasteiger partial charge is 0.160 e. The van der Waals surface area contributed by atoms with Crippen LogP contribution in [0.5, 0.6) is 0 Å². The summed E-state index contributed by atoms with van der Waals surface area (Å²) < 4.78 is 0. The molecule has 8 aromatic rings. The zero-order valence-corrected chi connectivity index (χ0v) is 30.2. The predicted octanol–water partition coefficient (Wildman–Crippen LogP) is 12.3. The Kier molecular flexibility index (Phi) is 7.38. The zero-order chi connectivity index (χ0) is 36.3. The van der Waals surface area contributed by atoms with E-state index in [9.17, 15) is 0 Å². The van der Waals surface area contributed by atoms with E-state index in [4.69, 9.17) is 15.0 Å². The summed E-state index contributed by atoms with van der Waals surface area (Å²) in [4.78, 5) is 15.7. The summed E-state index contributed by atoms with van der Waals surface area (Å²) in [5.41, 5.74) is 16.1. The Morgan fingerprint density at radius 3 is 1.65 bits per heavy atom. The van der Waals surface area contributed by atoms with Crippen LogP contribution in [-0.2, 0) is 10.8 Å².